The molecule has 0 saturated carbocycles. The van der Waals surface area contributed by atoms with Crippen LogP contribution in [-0.2, 0) is 0 Å². The van der Waals surface area contributed by atoms with Crippen molar-refractivity contribution in [2.45, 2.75) is 20.8 Å². The highest BCUT2D eigenvalue weighted by Gasteiger charge is 2.06. The van der Waals surface area contributed by atoms with Gasteiger partial charge in [0.15, 0.2) is 0 Å². The maximum Gasteiger partial charge on any atom is 0.101 e. The first-order valence-electron chi connectivity index (χ1n) is 5.96. The maximum atomic E-state index is 9.15. The van der Waals surface area contributed by atoms with E-state index in [9.17, 15) is 0 Å². The summed E-state index contributed by atoms with van der Waals surface area (Å²) in [5, 5.41) is 12.5. The van der Waals surface area contributed by atoms with E-state index in [1.807, 2.05) is 25.1 Å². The van der Waals surface area contributed by atoms with Crippen LogP contribution in [0.2, 0.25) is 0 Å². The maximum absolute atomic E-state index is 9.15. The summed E-state index contributed by atoms with van der Waals surface area (Å²) in [6.07, 6.45) is 0. The third kappa shape index (κ3) is 2.36. The van der Waals surface area contributed by atoms with Crippen LogP contribution in [0.5, 0.6) is 0 Å². The summed E-state index contributed by atoms with van der Waals surface area (Å²) in [6.45, 7) is 6.13. The van der Waals surface area contributed by atoms with Crippen LogP contribution in [0.3, 0.4) is 0 Å². The molecule has 2 nitrogen and oxygen atoms in total. The summed E-state index contributed by atoms with van der Waals surface area (Å²) < 4.78 is 0. The van der Waals surface area contributed by atoms with Gasteiger partial charge in [0.25, 0.3) is 0 Å². The number of rotatable bonds is 2. The highest BCUT2D eigenvalue weighted by molar-refractivity contribution is 5.71. The van der Waals surface area contributed by atoms with Crippen LogP contribution in [0.25, 0.3) is 0 Å². The molecule has 0 radical (unpaired) electrons. The summed E-state index contributed by atoms with van der Waals surface area (Å²) in [4.78, 5) is 0. The van der Waals surface area contributed by atoms with Gasteiger partial charge in [-0.25, -0.2) is 0 Å². The molecule has 0 fully saturated rings. The fourth-order valence-electron chi connectivity index (χ4n) is 1.93. The molecule has 0 unspecified atom stereocenters. The van der Waals surface area contributed by atoms with Crippen molar-refractivity contribution < 1.29 is 0 Å². The van der Waals surface area contributed by atoms with Gasteiger partial charge in [-0.05, 0) is 49.6 Å². The molecule has 0 heterocycles. The van der Waals surface area contributed by atoms with Crippen LogP contribution in [0.1, 0.15) is 22.3 Å². The molecule has 90 valence electrons. The Morgan fingerprint density at radius 3 is 2.50 bits per heavy atom. The summed E-state index contributed by atoms with van der Waals surface area (Å²) in [5.74, 6) is 0. The summed E-state index contributed by atoms with van der Waals surface area (Å²) >= 11 is 0. The summed E-state index contributed by atoms with van der Waals surface area (Å²) in [6, 6.07) is 14.2. The van der Waals surface area contributed by atoms with Crippen molar-refractivity contribution in [1.82, 2.24) is 0 Å². The second-order valence-electron chi connectivity index (χ2n) is 4.55. The standard InChI is InChI=1S/C16H16N2/c1-11-7-8-12(2)15(9-11)18-16-13(3)5-4-6-14(16)10-17/h4-9,18H,1-3H3. The van der Waals surface area contributed by atoms with Crippen molar-refractivity contribution in [3.05, 3.63) is 58.7 Å². The molecule has 0 amide bonds. The Kier molecular flexibility index (Phi) is 3.34. The van der Waals surface area contributed by atoms with E-state index in [0.717, 1.165) is 16.9 Å². The molecule has 1 N–H and O–H groups in total. The summed E-state index contributed by atoms with van der Waals surface area (Å²) in [5.41, 5.74) is 6.09. The molecular formula is C16H16N2. The number of anilines is 2. The Hall–Kier alpha value is -2.27. The first kappa shape index (κ1) is 12.2. The van der Waals surface area contributed by atoms with E-state index in [0.29, 0.717) is 5.56 Å². The molecule has 2 rings (SSSR count). The molecular weight excluding hydrogens is 220 g/mol. The van der Waals surface area contributed by atoms with E-state index in [2.05, 4.69) is 43.4 Å². The van der Waals surface area contributed by atoms with Crippen molar-refractivity contribution in [1.29, 1.82) is 5.26 Å². The molecule has 18 heavy (non-hydrogen) atoms. The van der Waals surface area contributed by atoms with Gasteiger partial charge >= 0.3 is 0 Å². The minimum absolute atomic E-state index is 0.677. The molecule has 0 bridgehead atoms. The number of nitrogens with one attached hydrogen (secondary N) is 1. The number of hydrogen-bond donors (Lipinski definition) is 1. The highest BCUT2D eigenvalue weighted by atomic mass is 14.9. The van der Waals surface area contributed by atoms with Crippen LogP contribution >= 0.6 is 0 Å². The van der Waals surface area contributed by atoms with Crippen LogP contribution in [-0.4, -0.2) is 0 Å². The molecule has 0 aliphatic rings. The predicted molar refractivity (Wildman–Crippen MR) is 75.1 cm³/mol. The van der Waals surface area contributed by atoms with Crippen molar-refractivity contribution >= 4 is 11.4 Å². The molecule has 2 aromatic rings. The van der Waals surface area contributed by atoms with Crippen LogP contribution in [0.4, 0.5) is 11.4 Å². The van der Waals surface area contributed by atoms with Crippen molar-refractivity contribution in [2.75, 3.05) is 5.32 Å². The van der Waals surface area contributed by atoms with Gasteiger partial charge in [0.05, 0.1) is 11.3 Å². The van der Waals surface area contributed by atoms with Crippen molar-refractivity contribution in [2.24, 2.45) is 0 Å². The Morgan fingerprint density at radius 1 is 1.00 bits per heavy atom. The molecule has 0 aliphatic carbocycles. The Labute approximate surface area is 108 Å². The lowest BCUT2D eigenvalue weighted by atomic mass is 10.1. The molecule has 0 saturated heterocycles. The highest BCUT2D eigenvalue weighted by Crippen LogP contribution is 2.26. The van der Waals surface area contributed by atoms with E-state index in [-0.39, 0.29) is 0 Å². The van der Waals surface area contributed by atoms with Gasteiger partial charge < -0.3 is 5.32 Å². The number of benzene rings is 2. The van der Waals surface area contributed by atoms with E-state index < -0.39 is 0 Å². The molecule has 0 aromatic heterocycles. The van der Waals surface area contributed by atoms with Gasteiger partial charge in [-0.15, -0.1) is 0 Å². The first-order chi connectivity index (χ1) is 8.61. The lowest BCUT2D eigenvalue weighted by Crippen LogP contribution is -1.98. The average molecular weight is 236 g/mol. The minimum atomic E-state index is 0.677. The lowest BCUT2D eigenvalue weighted by molar-refractivity contribution is 1.34. The van der Waals surface area contributed by atoms with Crippen molar-refractivity contribution in [3.63, 3.8) is 0 Å². The van der Waals surface area contributed by atoms with E-state index in [4.69, 9.17) is 5.26 Å². The van der Waals surface area contributed by atoms with Gasteiger partial charge in [0, 0.05) is 5.69 Å². The number of hydrogen-bond acceptors (Lipinski definition) is 2. The topological polar surface area (TPSA) is 35.8 Å². The zero-order chi connectivity index (χ0) is 13.1. The van der Waals surface area contributed by atoms with Gasteiger partial charge in [0.1, 0.15) is 6.07 Å². The number of nitrogens with zero attached hydrogens (tertiary/aromatic N) is 1. The second kappa shape index (κ2) is 4.93. The third-order valence-electron chi connectivity index (χ3n) is 3.05. The largest absolute Gasteiger partial charge is 0.354 e. The van der Waals surface area contributed by atoms with E-state index in [1.54, 1.807) is 0 Å². The van der Waals surface area contributed by atoms with Crippen LogP contribution in [0.15, 0.2) is 36.4 Å². The Bertz CT molecular complexity index is 621. The Balaban J connectivity index is 2.46. The molecule has 0 spiro atoms. The van der Waals surface area contributed by atoms with Crippen LogP contribution in [0, 0.1) is 32.1 Å². The average Bonchev–Trinajstić information content (AvgIpc) is 2.36. The molecule has 2 heteroatoms. The number of aryl methyl sites for hydroxylation is 3. The lowest BCUT2D eigenvalue weighted by Gasteiger charge is -2.14. The number of nitriles is 1. The fraction of sp³-hybridized carbons (Fsp3) is 0.188. The normalized spacial score (nSPS) is 9.89. The first-order valence-corrected chi connectivity index (χ1v) is 5.96. The molecule has 2 aromatic carbocycles. The Morgan fingerprint density at radius 2 is 1.78 bits per heavy atom. The quantitative estimate of drug-likeness (QED) is 0.847. The monoisotopic (exact) mass is 236 g/mol. The zero-order valence-corrected chi connectivity index (χ0v) is 10.9. The van der Waals surface area contributed by atoms with Gasteiger partial charge in [-0.1, -0.05) is 24.3 Å². The zero-order valence-electron chi connectivity index (χ0n) is 10.9. The van der Waals surface area contributed by atoms with E-state index >= 15 is 0 Å². The van der Waals surface area contributed by atoms with Crippen molar-refractivity contribution in [3.8, 4) is 6.07 Å². The third-order valence-corrected chi connectivity index (χ3v) is 3.05. The van der Waals surface area contributed by atoms with Gasteiger partial charge in [0.2, 0.25) is 0 Å². The molecule has 0 aliphatic heterocycles. The van der Waals surface area contributed by atoms with Crippen LogP contribution < -0.4 is 5.32 Å². The smallest absolute Gasteiger partial charge is 0.101 e. The second-order valence-corrected chi connectivity index (χ2v) is 4.55. The summed E-state index contributed by atoms with van der Waals surface area (Å²) in [7, 11) is 0. The molecule has 0 atom stereocenters. The SMILES string of the molecule is Cc1ccc(C)c(Nc2c(C)cccc2C#N)c1. The van der Waals surface area contributed by atoms with Gasteiger partial charge in [-0.3, -0.25) is 0 Å². The minimum Gasteiger partial charge on any atom is -0.354 e. The van der Waals surface area contributed by atoms with Gasteiger partial charge in [-0.2, -0.15) is 5.26 Å². The predicted octanol–water partition coefficient (Wildman–Crippen LogP) is 4.23. The fourth-order valence-corrected chi connectivity index (χ4v) is 1.93. The van der Waals surface area contributed by atoms with E-state index in [1.165, 1.54) is 11.1 Å². The number of para-hydroxylation sites is 1.